The van der Waals surface area contributed by atoms with E-state index in [1.165, 1.54) is 0 Å². The summed E-state index contributed by atoms with van der Waals surface area (Å²) in [4.78, 5) is 12.1. The van der Waals surface area contributed by atoms with Gasteiger partial charge in [-0.25, -0.2) is 0 Å². The van der Waals surface area contributed by atoms with Crippen molar-refractivity contribution in [2.24, 2.45) is 0 Å². The molecular weight excluding hydrogens is 306 g/mol. The van der Waals surface area contributed by atoms with Crippen LogP contribution >= 0.6 is 15.9 Å². The van der Waals surface area contributed by atoms with Gasteiger partial charge in [-0.15, -0.1) is 0 Å². The Morgan fingerprint density at radius 2 is 1.95 bits per heavy atom. The summed E-state index contributed by atoms with van der Waals surface area (Å²) in [5, 5.41) is 10.6. The second kappa shape index (κ2) is 4.85. The first-order chi connectivity index (χ1) is 9.22. The zero-order valence-corrected chi connectivity index (χ0v) is 11.4. The van der Waals surface area contributed by atoms with Crippen LogP contribution in [0, 0.1) is 0 Å². The Kier molecular flexibility index (Phi) is 3.05. The Morgan fingerprint density at radius 1 is 1.16 bits per heavy atom. The Bertz CT molecular complexity index is 734. The van der Waals surface area contributed by atoms with Crippen LogP contribution in [0.4, 0.5) is 5.69 Å². The number of amides is 1. The number of fused-ring (bicyclic) bond motifs is 1. The molecule has 0 bridgehead atoms. The Balaban J connectivity index is 1.84. The van der Waals surface area contributed by atoms with Crippen LogP contribution in [0.1, 0.15) is 10.4 Å². The van der Waals surface area contributed by atoms with E-state index in [4.69, 9.17) is 0 Å². The van der Waals surface area contributed by atoms with Gasteiger partial charge in [0.2, 0.25) is 0 Å². The van der Waals surface area contributed by atoms with Crippen LogP contribution in [0.25, 0.3) is 10.9 Å². The number of rotatable bonds is 2. The molecule has 19 heavy (non-hydrogen) atoms. The van der Waals surface area contributed by atoms with E-state index in [2.05, 4.69) is 31.4 Å². The maximum Gasteiger partial charge on any atom is 0.255 e. The predicted octanol–water partition coefficient (Wildman–Crippen LogP) is 3.58. The van der Waals surface area contributed by atoms with E-state index >= 15 is 0 Å². The van der Waals surface area contributed by atoms with E-state index in [0.717, 1.165) is 21.1 Å². The first-order valence-corrected chi connectivity index (χ1v) is 6.52. The van der Waals surface area contributed by atoms with Gasteiger partial charge in [0.25, 0.3) is 5.91 Å². The van der Waals surface area contributed by atoms with Gasteiger partial charge in [0.1, 0.15) is 0 Å². The zero-order valence-electron chi connectivity index (χ0n) is 9.85. The number of nitrogens with zero attached hydrogens (tertiary/aromatic N) is 1. The Hall–Kier alpha value is -2.14. The average Bonchev–Trinajstić information content (AvgIpc) is 2.88. The minimum atomic E-state index is -0.140. The molecule has 0 unspecified atom stereocenters. The summed E-state index contributed by atoms with van der Waals surface area (Å²) in [5.74, 6) is -0.140. The monoisotopic (exact) mass is 315 g/mol. The van der Waals surface area contributed by atoms with Crippen molar-refractivity contribution >= 4 is 38.4 Å². The van der Waals surface area contributed by atoms with Crippen molar-refractivity contribution in [1.29, 1.82) is 0 Å². The van der Waals surface area contributed by atoms with Crippen LogP contribution in [0.3, 0.4) is 0 Å². The number of hydrogen-bond acceptors (Lipinski definition) is 2. The molecule has 0 radical (unpaired) electrons. The van der Waals surface area contributed by atoms with Gasteiger partial charge >= 0.3 is 0 Å². The van der Waals surface area contributed by atoms with E-state index in [-0.39, 0.29) is 5.91 Å². The van der Waals surface area contributed by atoms with E-state index in [1.807, 2.05) is 30.3 Å². The molecule has 1 heterocycles. The highest BCUT2D eigenvalue weighted by atomic mass is 79.9. The molecule has 0 aliphatic heterocycles. The van der Waals surface area contributed by atoms with Crippen molar-refractivity contribution in [3.63, 3.8) is 0 Å². The molecule has 0 aliphatic carbocycles. The summed E-state index contributed by atoms with van der Waals surface area (Å²) < 4.78 is 0.976. The number of anilines is 1. The number of hydrogen-bond donors (Lipinski definition) is 2. The number of nitrogens with one attached hydrogen (secondary N) is 2. The summed E-state index contributed by atoms with van der Waals surface area (Å²) in [6.45, 7) is 0. The maximum atomic E-state index is 12.1. The van der Waals surface area contributed by atoms with Gasteiger partial charge in [-0.2, -0.15) is 5.10 Å². The second-order valence-corrected chi connectivity index (χ2v) is 5.05. The van der Waals surface area contributed by atoms with Gasteiger partial charge in [0.15, 0.2) is 0 Å². The minimum absolute atomic E-state index is 0.140. The smallest absolute Gasteiger partial charge is 0.255 e. The van der Waals surface area contributed by atoms with E-state index in [9.17, 15) is 4.79 Å². The van der Waals surface area contributed by atoms with Crippen LogP contribution in [0.2, 0.25) is 0 Å². The standard InChI is InChI=1S/C14H10BrN3O/c15-11-3-5-12(6-4-11)17-14(19)9-1-2-10-8-16-18-13(10)7-9/h1-8H,(H,16,18)(H,17,19). The molecule has 1 amide bonds. The maximum absolute atomic E-state index is 12.1. The minimum Gasteiger partial charge on any atom is -0.322 e. The van der Waals surface area contributed by atoms with Gasteiger partial charge in [0, 0.05) is 21.1 Å². The number of carbonyl (C=O) groups is 1. The summed E-state index contributed by atoms with van der Waals surface area (Å²) in [7, 11) is 0. The fourth-order valence-corrected chi connectivity index (χ4v) is 2.08. The first kappa shape index (κ1) is 11.9. The molecule has 94 valence electrons. The molecule has 2 aromatic carbocycles. The second-order valence-electron chi connectivity index (χ2n) is 4.13. The summed E-state index contributed by atoms with van der Waals surface area (Å²) in [6, 6.07) is 12.9. The van der Waals surface area contributed by atoms with Crippen molar-refractivity contribution < 1.29 is 4.79 Å². The normalized spacial score (nSPS) is 10.6. The largest absolute Gasteiger partial charge is 0.322 e. The topological polar surface area (TPSA) is 57.8 Å². The number of aromatic amines is 1. The molecule has 0 spiro atoms. The van der Waals surface area contributed by atoms with Crippen LogP contribution in [-0.2, 0) is 0 Å². The lowest BCUT2D eigenvalue weighted by molar-refractivity contribution is 0.102. The van der Waals surface area contributed by atoms with Gasteiger partial charge < -0.3 is 5.32 Å². The third-order valence-corrected chi connectivity index (χ3v) is 3.33. The molecule has 5 heteroatoms. The molecule has 0 atom stereocenters. The van der Waals surface area contributed by atoms with Gasteiger partial charge in [0.05, 0.1) is 11.7 Å². The molecule has 4 nitrogen and oxygen atoms in total. The van der Waals surface area contributed by atoms with E-state index < -0.39 is 0 Å². The van der Waals surface area contributed by atoms with Crippen LogP contribution in [0.5, 0.6) is 0 Å². The molecule has 3 aromatic rings. The molecule has 0 saturated heterocycles. The van der Waals surface area contributed by atoms with Gasteiger partial charge in [-0.3, -0.25) is 9.89 Å². The number of halogens is 1. The molecular formula is C14H10BrN3O. The lowest BCUT2D eigenvalue weighted by Crippen LogP contribution is -2.11. The summed E-state index contributed by atoms with van der Waals surface area (Å²) in [5.41, 5.74) is 2.21. The molecule has 2 N–H and O–H groups in total. The third kappa shape index (κ3) is 2.51. The van der Waals surface area contributed by atoms with Gasteiger partial charge in [-0.1, -0.05) is 22.0 Å². The Labute approximate surface area is 118 Å². The van der Waals surface area contributed by atoms with Crippen molar-refractivity contribution in [3.05, 3.63) is 58.7 Å². The highest BCUT2D eigenvalue weighted by Crippen LogP contribution is 2.17. The summed E-state index contributed by atoms with van der Waals surface area (Å²) >= 11 is 3.36. The highest BCUT2D eigenvalue weighted by molar-refractivity contribution is 9.10. The molecule has 0 aliphatic rings. The zero-order chi connectivity index (χ0) is 13.2. The fourth-order valence-electron chi connectivity index (χ4n) is 1.81. The third-order valence-electron chi connectivity index (χ3n) is 2.81. The Morgan fingerprint density at radius 3 is 2.74 bits per heavy atom. The quantitative estimate of drug-likeness (QED) is 0.759. The first-order valence-electron chi connectivity index (χ1n) is 5.72. The van der Waals surface area contributed by atoms with E-state index in [1.54, 1.807) is 18.3 Å². The van der Waals surface area contributed by atoms with Gasteiger partial charge in [-0.05, 0) is 36.4 Å². The van der Waals surface area contributed by atoms with Crippen LogP contribution in [0.15, 0.2) is 53.1 Å². The number of aromatic nitrogens is 2. The molecule has 1 aromatic heterocycles. The lowest BCUT2D eigenvalue weighted by atomic mass is 10.1. The number of H-pyrrole nitrogens is 1. The number of benzene rings is 2. The molecule has 0 saturated carbocycles. The molecule has 3 rings (SSSR count). The highest BCUT2D eigenvalue weighted by Gasteiger charge is 2.07. The van der Waals surface area contributed by atoms with Crippen LogP contribution < -0.4 is 5.32 Å². The lowest BCUT2D eigenvalue weighted by Gasteiger charge is -2.05. The van der Waals surface area contributed by atoms with Crippen molar-refractivity contribution in [2.75, 3.05) is 5.32 Å². The summed E-state index contributed by atoms with van der Waals surface area (Å²) in [6.07, 6.45) is 1.73. The SMILES string of the molecule is O=C(Nc1ccc(Br)cc1)c1ccc2cn[nH]c2c1. The fraction of sp³-hybridized carbons (Fsp3) is 0. The van der Waals surface area contributed by atoms with E-state index in [0.29, 0.717) is 5.56 Å². The van der Waals surface area contributed by atoms with Crippen molar-refractivity contribution in [2.45, 2.75) is 0 Å². The van der Waals surface area contributed by atoms with Crippen molar-refractivity contribution in [3.8, 4) is 0 Å². The average molecular weight is 316 g/mol. The molecule has 0 fully saturated rings. The number of carbonyl (C=O) groups excluding carboxylic acids is 1. The van der Waals surface area contributed by atoms with Crippen LogP contribution in [-0.4, -0.2) is 16.1 Å². The predicted molar refractivity (Wildman–Crippen MR) is 78.2 cm³/mol. The van der Waals surface area contributed by atoms with Crippen molar-refractivity contribution in [1.82, 2.24) is 10.2 Å².